The van der Waals surface area contributed by atoms with Crippen LogP contribution in [0.4, 0.5) is 17.1 Å². The number of fused-ring (bicyclic) bond motifs is 1. The van der Waals surface area contributed by atoms with Gasteiger partial charge in [-0.3, -0.25) is 4.98 Å². The second-order valence-corrected chi connectivity index (χ2v) is 12.1. The number of aromatic nitrogens is 2. The van der Waals surface area contributed by atoms with Crippen molar-refractivity contribution in [3.63, 3.8) is 0 Å². The minimum atomic E-state index is -2.33. The quantitative estimate of drug-likeness (QED) is 0.168. The molecule has 0 saturated heterocycles. The molecule has 4 aromatic carbocycles. The van der Waals surface area contributed by atoms with Crippen LogP contribution < -0.4 is 9.80 Å². The van der Waals surface area contributed by atoms with Gasteiger partial charge in [-0.05, 0) is 71.9 Å². The van der Waals surface area contributed by atoms with Gasteiger partial charge in [0.15, 0.2) is 0 Å². The first-order valence-electron chi connectivity index (χ1n) is 16.5. The van der Waals surface area contributed by atoms with E-state index in [0.717, 1.165) is 16.9 Å². The maximum Gasteiger partial charge on any atom is 2.00 e. The van der Waals surface area contributed by atoms with Crippen molar-refractivity contribution in [2.75, 3.05) is 16.8 Å². The summed E-state index contributed by atoms with van der Waals surface area (Å²) in [6, 6.07) is 28.7. The summed E-state index contributed by atoms with van der Waals surface area (Å²) in [5, 5.41) is 11.0. The Morgan fingerprint density at radius 2 is 1.48 bits per heavy atom. The molecule has 0 bridgehead atoms. The van der Waals surface area contributed by atoms with Gasteiger partial charge >= 0.3 is 21.1 Å². The number of hydrogen-bond donors (Lipinski definition) is 1. The van der Waals surface area contributed by atoms with Gasteiger partial charge in [-0.2, -0.15) is 6.67 Å². The summed E-state index contributed by atoms with van der Waals surface area (Å²) >= 11 is 0. The second-order valence-electron chi connectivity index (χ2n) is 12.1. The molecular weight excluding hydrogens is 724 g/mol. The van der Waals surface area contributed by atoms with Gasteiger partial charge in [-0.15, -0.1) is 29.8 Å². The van der Waals surface area contributed by atoms with Gasteiger partial charge in [0.1, 0.15) is 11.6 Å². The summed E-state index contributed by atoms with van der Waals surface area (Å²) in [7, 11) is 0. The number of para-hydroxylation sites is 3. The summed E-state index contributed by atoms with van der Waals surface area (Å²) in [5.74, 6) is 1.67. The molecular formula is C38H40N4OPt. The number of rotatable bonds is 7. The molecule has 0 aliphatic carbocycles. The molecule has 0 saturated carbocycles. The number of anilines is 3. The minimum absolute atomic E-state index is 0. The van der Waals surface area contributed by atoms with E-state index in [2.05, 4.69) is 64.3 Å². The van der Waals surface area contributed by atoms with Crippen molar-refractivity contribution in [3.05, 3.63) is 114 Å². The first-order chi connectivity index (χ1) is 21.8. The monoisotopic (exact) mass is 766 g/mol. The van der Waals surface area contributed by atoms with Crippen molar-refractivity contribution in [2.45, 2.75) is 59.3 Å². The van der Waals surface area contributed by atoms with Crippen molar-refractivity contribution in [1.82, 2.24) is 9.55 Å². The van der Waals surface area contributed by atoms with Crippen LogP contribution in [0.1, 0.15) is 80.1 Å². The van der Waals surface area contributed by atoms with Crippen LogP contribution in [0.15, 0.2) is 85.1 Å². The van der Waals surface area contributed by atoms with Gasteiger partial charge < -0.3 is 19.5 Å². The number of phenolic OH excluding ortho intramolecular Hbond substituents is 1. The molecule has 0 spiro atoms. The minimum Gasteiger partial charge on any atom is -0.507 e. The van der Waals surface area contributed by atoms with E-state index in [9.17, 15) is 5.11 Å². The van der Waals surface area contributed by atoms with E-state index in [1.807, 2.05) is 71.8 Å². The van der Waals surface area contributed by atoms with E-state index in [1.165, 1.54) is 21.6 Å². The Labute approximate surface area is 280 Å². The first kappa shape index (κ1) is 27.7. The van der Waals surface area contributed by atoms with Crippen LogP contribution in [-0.2, 0) is 21.1 Å². The normalized spacial score (nSPS) is 14.1. The zero-order chi connectivity index (χ0) is 32.9. The Bertz CT molecular complexity index is 1870. The van der Waals surface area contributed by atoms with Crippen LogP contribution in [0.3, 0.4) is 0 Å². The van der Waals surface area contributed by atoms with E-state index in [0.29, 0.717) is 34.4 Å². The van der Waals surface area contributed by atoms with Crippen molar-refractivity contribution >= 4 is 17.1 Å². The van der Waals surface area contributed by atoms with Crippen LogP contribution in [0.5, 0.6) is 5.75 Å². The number of benzene rings is 4. The van der Waals surface area contributed by atoms with E-state index >= 15 is 0 Å². The Morgan fingerprint density at radius 3 is 2.11 bits per heavy atom. The maximum absolute atomic E-state index is 11.0. The largest absolute Gasteiger partial charge is 2.00 e. The van der Waals surface area contributed by atoms with E-state index < -0.39 is 6.98 Å². The molecule has 1 aliphatic heterocycles. The Kier molecular flexibility index (Phi) is 7.97. The van der Waals surface area contributed by atoms with Crippen LogP contribution in [0, 0.1) is 12.7 Å². The zero-order valence-corrected chi connectivity index (χ0v) is 28.2. The number of imidazole rings is 1. The topological polar surface area (TPSA) is 44.5 Å². The molecule has 1 aromatic heterocycles. The van der Waals surface area contributed by atoms with Crippen LogP contribution in [0.25, 0.3) is 28.3 Å². The second kappa shape index (κ2) is 12.7. The third-order valence-electron chi connectivity index (χ3n) is 8.14. The SMILES string of the molecule is [2H]C([2H])([2H])N1[CH-]N(c2[c-]c(-c3cn(-c4c(C(C)C)cc(C(C)C)cc4C(C)C)c(-c4ccccc4O)n3)ccc2)c2ccccc21.[Pt+2]. The summed E-state index contributed by atoms with van der Waals surface area (Å²) < 4.78 is 26.4. The summed E-state index contributed by atoms with van der Waals surface area (Å²) in [4.78, 5) is 8.32. The molecule has 0 unspecified atom stereocenters. The van der Waals surface area contributed by atoms with Crippen LogP contribution >= 0.6 is 0 Å². The number of phenols is 1. The third-order valence-corrected chi connectivity index (χ3v) is 8.14. The van der Waals surface area contributed by atoms with Crippen molar-refractivity contribution < 1.29 is 30.3 Å². The molecule has 5 nitrogen and oxygen atoms in total. The molecule has 6 rings (SSSR count). The molecule has 44 heavy (non-hydrogen) atoms. The molecule has 1 N–H and O–H groups in total. The Morgan fingerprint density at radius 1 is 0.818 bits per heavy atom. The van der Waals surface area contributed by atoms with Crippen LogP contribution in [0.2, 0.25) is 0 Å². The average molecular weight is 767 g/mol. The fourth-order valence-electron chi connectivity index (χ4n) is 5.78. The fourth-order valence-corrected chi connectivity index (χ4v) is 5.78. The molecule has 5 aromatic rings. The van der Waals surface area contributed by atoms with Gasteiger partial charge in [0, 0.05) is 21.2 Å². The summed E-state index contributed by atoms with van der Waals surface area (Å²) in [5.41, 5.74) is 8.98. The molecule has 0 radical (unpaired) electrons. The molecule has 0 atom stereocenters. The predicted octanol–water partition coefficient (Wildman–Crippen LogP) is 9.79. The molecule has 2 heterocycles. The number of aromatic hydroxyl groups is 1. The van der Waals surface area contributed by atoms with Gasteiger partial charge in [0.05, 0.1) is 11.3 Å². The van der Waals surface area contributed by atoms with E-state index in [4.69, 9.17) is 9.10 Å². The Hall–Kier alpha value is -3.82. The number of hydrogen-bond acceptors (Lipinski definition) is 4. The molecule has 1 aliphatic rings. The van der Waals surface area contributed by atoms with Crippen molar-refractivity contribution in [2.24, 2.45) is 0 Å². The molecule has 0 fully saturated rings. The van der Waals surface area contributed by atoms with E-state index in [1.54, 1.807) is 12.7 Å². The maximum atomic E-state index is 11.0. The summed E-state index contributed by atoms with van der Waals surface area (Å²) in [6.07, 6.45) is 2.04. The molecule has 0 amide bonds. The molecule has 6 heteroatoms. The average Bonchev–Trinajstić information content (AvgIpc) is 3.63. The molecule has 228 valence electrons. The number of nitrogens with zero attached hydrogens (tertiary/aromatic N) is 4. The van der Waals surface area contributed by atoms with Crippen LogP contribution in [-0.4, -0.2) is 21.6 Å². The Balaban J connectivity index is 0.00000433. The van der Waals surface area contributed by atoms with Gasteiger partial charge in [0.25, 0.3) is 0 Å². The van der Waals surface area contributed by atoms with E-state index in [-0.39, 0.29) is 38.7 Å². The van der Waals surface area contributed by atoms with Gasteiger partial charge in [0.2, 0.25) is 0 Å². The third kappa shape index (κ3) is 5.70. The smallest absolute Gasteiger partial charge is 0.507 e. The zero-order valence-electron chi connectivity index (χ0n) is 28.9. The fraction of sp³-hybridized carbons (Fsp3) is 0.263. The first-order valence-corrected chi connectivity index (χ1v) is 15.0. The van der Waals surface area contributed by atoms with Crippen molar-refractivity contribution in [1.29, 1.82) is 0 Å². The van der Waals surface area contributed by atoms with Crippen molar-refractivity contribution in [3.8, 4) is 34.1 Å². The standard InChI is InChI=1S/C38H40N4O.Pt/c1-24(2)28-20-31(25(3)4)37(32(21-28)26(5)6)41-22-33(39-38(41)30-15-8-11-18-36(30)43)27-13-12-14-29(19-27)42-23-40(7)34-16-9-10-17-35(34)42;/h8-18,20-26,43H,1-7H3;/q-2;+2/i7D3;. The van der Waals surface area contributed by atoms with Gasteiger partial charge in [-0.25, -0.2) is 0 Å². The summed E-state index contributed by atoms with van der Waals surface area (Å²) in [6.45, 7) is 12.6. The van der Waals surface area contributed by atoms with Gasteiger partial charge in [-0.1, -0.05) is 83.6 Å². The predicted molar refractivity (Wildman–Crippen MR) is 178 cm³/mol.